The van der Waals surface area contributed by atoms with Gasteiger partial charge in [0.1, 0.15) is 4.83 Å². The van der Waals surface area contributed by atoms with Crippen molar-refractivity contribution in [2.24, 2.45) is 5.92 Å². The van der Waals surface area contributed by atoms with Crippen molar-refractivity contribution in [2.75, 3.05) is 4.90 Å². The molecule has 0 spiro atoms. The summed E-state index contributed by atoms with van der Waals surface area (Å²) in [7, 11) is 0. The molecule has 1 aliphatic rings. The molecule has 1 unspecified atom stereocenters. The second-order valence-corrected chi connectivity index (χ2v) is 28.1. The van der Waals surface area contributed by atoms with Crippen LogP contribution in [0, 0.1) is 30.7 Å². The van der Waals surface area contributed by atoms with Crippen molar-refractivity contribution >= 4 is 66.4 Å². The van der Waals surface area contributed by atoms with Crippen LogP contribution in [0.2, 0.25) is 17.3 Å². The first kappa shape index (κ1) is 38.0. The molecule has 1 aliphatic heterocycles. The van der Waals surface area contributed by atoms with E-state index in [0.29, 0.717) is 22.9 Å². The molecule has 0 radical (unpaired) electrons. The van der Waals surface area contributed by atoms with Crippen molar-refractivity contribution in [1.29, 1.82) is 0 Å². The Labute approximate surface area is 349 Å². The molecule has 0 aliphatic carbocycles. The molecular formula is C47H48FGeIrN4S. The van der Waals surface area contributed by atoms with Gasteiger partial charge in [0.2, 0.25) is 0 Å². The molecule has 0 saturated heterocycles. The Bertz CT molecular complexity index is 2510. The van der Waals surface area contributed by atoms with E-state index in [0.717, 1.165) is 49.3 Å². The van der Waals surface area contributed by atoms with Gasteiger partial charge in [0.05, 0.1) is 0 Å². The molecule has 0 N–H and O–H groups in total. The van der Waals surface area contributed by atoms with Crippen molar-refractivity contribution in [3.63, 3.8) is 0 Å². The van der Waals surface area contributed by atoms with Crippen LogP contribution in [-0.4, -0.2) is 23.2 Å². The van der Waals surface area contributed by atoms with Crippen LogP contribution in [-0.2, 0) is 31.9 Å². The number of thiophene rings is 1. The summed E-state index contributed by atoms with van der Waals surface area (Å²) in [6, 6.07) is 38.4. The summed E-state index contributed by atoms with van der Waals surface area (Å²) in [4.78, 5) is 12.2. The zero-order valence-electron chi connectivity index (χ0n) is 34.7. The summed E-state index contributed by atoms with van der Waals surface area (Å²) < 4.78 is 31.8. The molecule has 8 rings (SSSR count). The van der Waals surface area contributed by atoms with E-state index in [1.165, 1.54) is 21.6 Å². The average molecular weight is 987 g/mol. The maximum atomic E-state index is 13.9. The third-order valence-electron chi connectivity index (χ3n) is 9.74. The molecule has 0 saturated carbocycles. The third-order valence-corrected chi connectivity index (χ3v) is 15.1. The Morgan fingerprint density at radius 3 is 2.42 bits per heavy atom. The van der Waals surface area contributed by atoms with E-state index in [9.17, 15) is 4.39 Å². The Kier molecular flexibility index (Phi) is 11.3. The maximum absolute atomic E-state index is 13.9. The smallest absolute Gasteiger partial charge is 0.661 e. The summed E-state index contributed by atoms with van der Waals surface area (Å²) in [5.41, 5.74) is 8.53. The van der Waals surface area contributed by atoms with Crippen LogP contribution in [0.5, 0.6) is 0 Å². The molecule has 0 amide bonds. The monoisotopic (exact) mass is 988 g/mol. The second kappa shape index (κ2) is 16.3. The van der Waals surface area contributed by atoms with Crippen molar-refractivity contribution in [2.45, 2.75) is 76.8 Å². The van der Waals surface area contributed by atoms with Gasteiger partial charge in [0.15, 0.2) is 0 Å². The van der Waals surface area contributed by atoms with E-state index >= 15 is 0 Å². The number of rotatable bonds is 6. The molecular weight excluding hydrogens is 936 g/mol. The van der Waals surface area contributed by atoms with Crippen molar-refractivity contribution in [1.82, 2.24) is 9.97 Å². The van der Waals surface area contributed by atoms with E-state index in [1.54, 1.807) is 29.5 Å². The number of nitrogens with zero attached hydrogens (tertiary/aromatic N) is 4. The number of anilines is 2. The van der Waals surface area contributed by atoms with Crippen molar-refractivity contribution in [3.8, 4) is 11.3 Å². The number of benzene rings is 4. The predicted octanol–water partition coefficient (Wildman–Crippen LogP) is 13.1. The second-order valence-electron chi connectivity index (χ2n) is 16.5. The fraction of sp³-hybridized carbons (Fsp3) is 0.277. The largest absolute Gasteiger partial charge is 3.00 e. The number of hydrogen-bond donors (Lipinski definition) is 0. The summed E-state index contributed by atoms with van der Waals surface area (Å²) in [6.07, 6.45) is 2.78. The van der Waals surface area contributed by atoms with Gasteiger partial charge < -0.3 is 10.2 Å². The number of aromatic nitrogens is 2. The zero-order valence-corrected chi connectivity index (χ0v) is 38.0. The topological polar surface area (TPSA) is 43.1 Å². The van der Waals surface area contributed by atoms with Gasteiger partial charge in [0, 0.05) is 19.8 Å². The van der Waals surface area contributed by atoms with Crippen LogP contribution in [0.1, 0.15) is 65.9 Å². The summed E-state index contributed by atoms with van der Waals surface area (Å²) in [5.74, 6) is 7.43. The van der Waals surface area contributed by atoms with Crippen molar-refractivity contribution in [3.05, 3.63) is 149 Å². The standard InChI is InChI=1S/C29H25N3S.C18H23FGeN.Ir/c1-18-9-15-22-23-17-19(10-16-26(23)33-28(22)30-18)27-31-24-7-5-6-8-25(24)32(27)21-13-11-20(12-14-21)29(2,3)4;1-13(2)10-14-11-18(15-8-6-7-9-16(15)19)21-12-17(14)20(3,4)5;/h5-9,11-17,27H,1-4H3;6-7,9,11-13H,10H2,1-5H3;/q-2;-1;+3/i1D2;;. The van der Waals surface area contributed by atoms with Crippen LogP contribution in [0.25, 0.3) is 36.9 Å². The van der Waals surface area contributed by atoms with E-state index in [-0.39, 0.29) is 37.5 Å². The van der Waals surface area contributed by atoms with E-state index in [1.807, 2.05) is 24.4 Å². The predicted molar refractivity (Wildman–Crippen MR) is 230 cm³/mol. The SMILES string of the molecule is CC(C)Cc1cc(-c2[c-]cccc2F)nc[c]1[Ge]([CH3])([CH3])[CH3].[2H]C([2H])c1ccc2c(n1)sc1c[c-]c(C3[N-]c4ccccc4N3c3ccc(C(C)(C)C)cc3)cc12.[Ir+3]. The Morgan fingerprint density at radius 1 is 0.964 bits per heavy atom. The van der Waals surface area contributed by atoms with Gasteiger partial charge >= 0.3 is 150 Å². The minimum Gasteiger partial charge on any atom is -0.661 e. The molecule has 4 nitrogen and oxygen atoms in total. The number of aryl methyl sites for hydroxylation is 1. The van der Waals surface area contributed by atoms with E-state index < -0.39 is 20.1 Å². The number of fused-ring (bicyclic) bond motifs is 4. The molecule has 4 aromatic carbocycles. The molecule has 282 valence electrons. The summed E-state index contributed by atoms with van der Waals surface area (Å²) in [6.45, 7) is 10.0. The Balaban J connectivity index is 0.000000215. The van der Waals surface area contributed by atoms with Gasteiger partial charge in [-0.2, -0.15) is 35.1 Å². The number of hydrogen-bond acceptors (Lipinski definition) is 4. The molecule has 0 bridgehead atoms. The Hall–Kier alpha value is -3.88. The summed E-state index contributed by atoms with van der Waals surface area (Å²) >= 11 is -0.389. The molecule has 0 fully saturated rings. The first-order chi connectivity index (χ1) is 26.6. The van der Waals surface area contributed by atoms with Gasteiger partial charge in [-0.15, -0.1) is 11.1 Å². The van der Waals surface area contributed by atoms with Crippen LogP contribution in [0.3, 0.4) is 0 Å². The van der Waals surface area contributed by atoms with E-state index in [2.05, 4.69) is 133 Å². The van der Waals surface area contributed by atoms with Crippen LogP contribution < -0.4 is 9.30 Å². The quantitative estimate of drug-likeness (QED) is 0.123. The first-order valence-corrected chi connectivity index (χ1v) is 26.7. The molecule has 55 heavy (non-hydrogen) atoms. The molecule has 1 atom stereocenters. The normalized spacial score (nSPS) is 14.6. The van der Waals surface area contributed by atoms with Crippen LogP contribution >= 0.6 is 11.3 Å². The minimum absolute atomic E-state index is 0. The van der Waals surface area contributed by atoms with Crippen LogP contribution in [0.4, 0.5) is 21.5 Å². The minimum atomic E-state index is -1.97. The maximum Gasteiger partial charge on any atom is 3.00 e. The third kappa shape index (κ3) is 8.76. The molecule has 7 aromatic rings. The van der Waals surface area contributed by atoms with Gasteiger partial charge in [0.25, 0.3) is 0 Å². The summed E-state index contributed by atoms with van der Waals surface area (Å²) in [5, 5.41) is 7.24. The number of halogens is 1. The van der Waals surface area contributed by atoms with Crippen LogP contribution in [0.15, 0.2) is 103 Å². The van der Waals surface area contributed by atoms with Crippen molar-refractivity contribution < 1.29 is 27.2 Å². The fourth-order valence-corrected chi connectivity index (χ4v) is 11.4. The van der Waals surface area contributed by atoms with Gasteiger partial charge in [-0.3, -0.25) is 0 Å². The fourth-order valence-electron chi connectivity index (χ4n) is 7.02. The molecule has 3 aromatic heterocycles. The average Bonchev–Trinajstić information content (AvgIpc) is 3.72. The molecule has 4 heterocycles. The zero-order chi connectivity index (χ0) is 39.9. The first-order valence-electron chi connectivity index (χ1n) is 19.7. The number of para-hydroxylation sites is 2. The van der Waals surface area contributed by atoms with E-state index in [4.69, 9.17) is 8.06 Å². The van der Waals surface area contributed by atoms with Gasteiger partial charge in [-0.25, -0.2) is 4.98 Å². The van der Waals surface area contributed by atoms with Gasteiger partial charge in [-0.05, 0) is 53.7 Å². The number of pyridine rings is 2. The Morgan fingerprint density at radius 2 is 1.73 bits per heavy atom. The van der Waals surface area contributed by atoms with Gasteiger partial charge in [-0.1, -0.05) is 61.9 Å². The molecule has 8 heteroatoms.